The molecule has 0 radical (unpaired) electrons. The monoisotopic (exact) mass is 527 g/mol. The molecule has 37 heavy (non-hydrogen) atoms. The summed E-state index contributed by atoms with van der Waals surface area (Å²) in [5.41, 5.74) is 6.94. The molecule has 1 atom stereocenters. The number of hydrogen-bond donors (Lipinski definition) is 3. The van der Waals surface area contributed by atoms with Crippen LogP contribution in [0.25, 0.3) is 0 Å². The molecule has 0 spiro atoms. The van der Waals surface area contributed by atoms with Crippen LogP contribution in [0.15, 0.2) is 24.3 Å². The molecule has 9 nitrogen and oxygen atoms in total. The number of benzene rings is 1. The molecule has 2 aliphatic carbocycles. The van der Waals surface area contributed by atoms with Crippen molar-refractivity contribution in [2.24, 2.45) is 0 Å². The Hall–Kier alpha value is -3.14. The average molecular weight is 528 g/mol. The summed E-state index contributed by atoms with van der Waals surface area (Å²) < 4.78 is 9.77. The molecule has 0 unspecified atom stereocenters. The fraction of sp³-hybridized carbons (Fsp3) is 0.556. The van der Waals surface area contributed by atoms with E-state index >= 15 is 0 Å². The number of nitrogens with two attached hydrogens (primary N) is 1. The predicted molar refractivity (Wildman–Crippen MR) is 145 cm³/mol. The van der Waals surface area contributed by atoms with E-state index in [0.717, 1.165) is 62.9 Å². The van der Waals surface area contributed by atoms with Gasteiger partial charge in [0.15, 0.2) is 5.69 Å². The molecular weight excluding hydrogens is 490 g/mol. The Morgan fingerprint density at radius 3 is 2.24 bits per heavy atom. The van der Waals surface area contributed by atoms with Crippen molar-refractivity contribution in [2.45, 2.75) is 89.8 Å². The zero-order valence-corrected chi connectivity index (χ0v) is 22.4. The third-order valence-corrected chi connectivity index (χ3v) is 8.04. The number of carbonyl (C=O) groups is 3. The van der Waals surface area contributed by atoms with Gasteiger partial charge >= 0.3 is 0 Å². The predicted octanol–water partition coefficient (Wildman–Crippen LogP) is 4.28. The summed E-state index contributed by atoms with van der Waals surface area (Å²) in [5.74, 6) is -0.390. The maximum Gasteiger partial charge on any atom is 0.273 e. The zero-order valence-electron chi connectivity index (χ0n) is 21.6. The number of nitrogens with zero attached hydrogens (tertiary/aromatic N) is 2. The van der Waals surface area contributed by atoms with Crippen LogP contribution in [0.1, 0.15) is 91.8 Å². The molecule has 0 bridgehead atoms. The van der Waals surface area contributed by atoms with Crippen molar-refractivity contribution >= 4 is 40.6 Å². The molecule has 0 aliphatic heterocycles. The van der Waals surface area contributed by atoms with Crippen molar-refractivity contribution in [1.29, 1.82) is 0 Å². The van der Waals surface area contributed by atoms with Crippen LogP contribution in [-0.4, -0.2) is 46.8 Å². The standard InChI is InChI=1S/C27H37N5O4S/c1-3-36-21-15-13-20(14-16-21)32(17(2)25(33)29-18-9-5-4-6-10-18)27(35)24-22(28)23(31-37-24)26(34)30-19-11-7-8-12-19/h13-19H,3-12,28H2,1-2H3,(H,29,33)(H,30,34)/t17-/m1/s1. The van der Waals surface area contributed by atoms with Gasteiger partial charge in [0.2, 0.25) is 5.91 Å². The first-order valence-electron chi connectivity index (χ1n) is 13.3. The zero-order chi connectivity index (χ0) is 26.4. The largest absolute Gasteiger partial charge is 0.494 e. The van der Waals surface area contributed by atoms with Gasteiger partial charge in [-0.15, -0.1) is 0 Å². The highest BCUT2D eigenvalue weighted by Crippen LogP contribution is 2.30. The molecule has 1 aromatic heterocycles. The van der Waals surface area contributed by atoms with Crippen LogP contribution in [0.2, 0.25) is 0 Å². The van der Waals surface area contributed by atoms with Crippen LogP contribution >= 0.6 is 11.5 Å². The van der Waals surface area contributed by atoms with E-state index in [1.54, 1.807) is 31.2 Å². The van der Waals surface area contributed by atoms with E-state index in [2.05, 4.69) is 15.0 Å². The van der Waals surface area contributed by atoms with Gasteiger partial charge in [0.05, 0.1) is 12.3 Å². The molecule has 3 amide bonds. The molecule has 0 saturated heterocycles. The number of nitrogen functional groups attached to an aromatic ring is 1. The molecule has 10 heteroatoms. The Balaban J connectivity index is 1.58. The molecule has 2 saturated carbocycles. The fourth-order valence-electron chi connectivity index (χ4n) is 5.12. The Morgan fingerprint density at radius 2 is 1.62 bits per heavy atom. The molecule has 4 N–H and O–H groups in total. The maximum absolute atomic E-state index is 13.9. The second-order valence-electron chi connectivity index (χ2n) is 9.85. The molecule has 200 valence electrons. The lowest BCUT2D eigenvalue weighted by molar-refractivity contribution is -0.122. The van der Waals surface area contributed by atoms with Crippen LogP contribution in [0.3, 0.4) is 0 Å². The summed E-state index contributed by atoms with van der Waals surface area (Å²) in [6.45, 7) is 4.12. The number of aromatic nitrogens is 1. The summed E-state index contributed by atoms with van der Waals surface area (Å²) >= 11 is 0.886. The van der Waals surface area contributed by atoms with E-state index in [4.69, 9.17) is 10.5 Å². The van der Waals surface area contributed by atoms with Crippen LogP contribution in [0, 0.1) is 0 Å². The second-order valence-corrected chi connectivity index (χ2v) is 10.6. The van der Waals surface area contributed by atoms with Crippen molar-refractivity contribution in [1.82, 2.24) is 15.0 Å². The fourth-order valence-corrected chi connectivity index (χ4v) is 5.86. The Labute approximate surface area is 222 Å². The number of amides is 3. The third kappa shape index (κ3) is 6.41. The third-order valence-electron chi connectivity index (χ3n) is 7.19. The number of ether oxygens (including phenoxy) is 1. The van der Waals surface area contributed by atoms with Crippen LogP contribution in [-0.2, 0) is 4.79 Å². The van der Waals surface area contributed by atoms with Crippen molar-refractivity contribution in [3.05, 3.63) is 34.8 Å². The molecule has 2 aromatic rings. The SMILES string of the molecule is CCOc1ccc(N(C(=O)c2snc(C(=O)NC3CCCC3)c2N)[C@H](C)C(=O)NC2CCCCC2)cc1. The normalized spacial score (nSPS) is 17.2. The first kappa shape index (κ1) is 26.9. The van der Waals surface area contributed by atoms with Crippen molar-refractivity contribution in [2.75, 3.05) is 17.2 Å². The molecule has 2 aliphatic rings. The van der Waals surface area contributed by atoms with Gasteiger partial charge in [0.25, 0.3) is 11.8 Å². The molecule has 2 fully saturated rings. The summed E-state index contributed by atoms with van der Waals surface area (Å²) in [6, 6.07) is 6.45. The Kier molecular flexibility index (Phi) is 9.02. The van der Waals surface area contributed by atoms with Gasteiger partial charge < -0.3 is 21.1 Å². The minimum absolute atomic E-state index is 0.0429. The first-order valence-corrected chi connectivity index (χ1v) is 14.1. The number of nitrogens with one attached hydrogen (secondary N) is 2. The molecule has 1 heterocycles. The highest BCUT2D eigenvalue weighted by molar-refractivity contribution is 7.09. The smallest absolute Gasteiger partial charge is 0.273 e. The highest BCUT2D eigenvalue weighted by atomic mass is 32.1. The van der Waals surface area contributed by atoms with Gasteiger partial charge in [0, 0.05) is 17.8 Å². The lowest BCUT2D eigenvalue weighted by atomic mass is 9.95. The van der Waals surface area contributed by atoms with Crippen molar-refractivity contribution in [3.63, 3.8) is 0 Å². The Bertz CT molecular complexity index is 1090. The number of anilines is 2. The van der Waals surface area contributed by atoms with E-state index in [1.807, 2.05) is 6.92 Å². The summed E-state index contributed by atoms with van der Waals surface area (Å²) in [7, 11) is 0. The van der Waals surface area contributed by atoms with Gasteiger partial charge in [-0.3, -0.25) is 19.3 Å². The number of carbonyl (C=O) groups excluding carboxylic acids is 3. The summed E-state index contributed by atoms with van der Waals surface area (Å²) in [5, 5.41) is 6.10. The lowest BCUT2D eigenvalue weighted by Crippen LogP contribution is -2.51. The van der Waals surface area contributed by atoms with Gasteiger partial charge in [-0.25, -0.2) is 0 Å². The number of rotatable bonds is 9. The minimum Gasteiger partial charge on any atom is -0.494 e. The quantitative estimate of drug-likeness (QED) is 0.447. The van der Waals surface area contributed by atoms with Gasteiger partial charge in [-0.1, -0.05) is 32.1 Å². The second kappa shape index (κ2) is 12.4. The highest BCUT2D eigenvalue weighted by Gasteiger charge is 2.34. The topological polar surface area (TPSA) is 127 Å². The first-order chi connectivity index (χ1) is 17.9. The minimum atomic E-state index is -0.801. The number of hydrogen-bond acceptors (Lipinski definition) is 7. The van der Waals surface area contributed by atoms with E-state index in [9.17, 15) is 14.4 Å². The van der Waals surface area contributed by atoms with Gasteiger partial charge in [-0.05, 0) is 75.3 Å². The summed E-state index contributed by atoms with van der Waals surface area (Å²) in [6.07, 6.45) is 9.26. The van der Waals surface area contributed by atoms with Crippen LogP contribution in [0.5, 0.6) is 5.75 Å². The van der Waals surface area contributed by atoms with E-state index < -0.39 is 11.9 Å². The van der Waals surface area contributed by atoms with Crippen molar-refractivity contribution in [3.8, 4) is 5.75 Å². The Morgan fingerprint density at radius 1 is 1.03 bits per heavy atom. The molecule has 4 rings (SSSR count). The van der Waals surface area contributed by atoms with E-state index in [0.29, 0.717) is 18.0 Å². The molecule has 1 aromatic carbocycles. The summed E-state index contributed by atoms with van der Waals surface area (Å²) in [4.78, 5) is 41.5. The van der Waals surface area contributed by atoms with E-state index in [1.165, 1.54) is 11.3 Å². The van der Waals surface area contributed by atoms with Gasteiger partial charge in [-0.2, -0.15) is 4.37 Å². The van der Waals surface area contributed by atoms with Crippen molar-refractivity contribution < 1.29 is 19.1 Å². The lowest BCUT2D eigenvalue weighted by Gasteiger charge is -2.31. The average Bonchev–Trinajstić information content (AvgIpc) is 3.55. The molecular formula is C27H37N5O4S. The van der Waals surface area contributed by atoms with Crippen LogP contribution in [0.4, 0.5) is 11.4 Å². The van der Waals surface area contributed by atoms with Gasteiger partial charge in [0.1, 0.15) is 16.7 Å². The van der Waals surface area contributed by atoms with E-state index in [-0.39, 0.29) is 40.2 Å². The van der Waals surface area contributed by atoms with Crippen LogP contribution < -0.4 is 26.0 Å². The maximum atomic E-state index is 13.9.